The summed E-state index contributed by atoms with van der Waals surface area (Å²) in [5, 5.41) is 9.88. The molecule has 0 amide bonds. The lowest BCUT2D eigenvalue weighted by Crippen LogP contribution is -2.26. The van der Waals surface area contributed by atoms with Crippen LogP contribution >= 0.6 is 0 Å². The van der Waals surface area contributed by atoms with Gasteiger partial charge in [0.15, 0.2) is 0 Å². The lowest BCUT2D eigenvalue weighted by molar-refractivity contribution is -0.151. The summed E-state index contributed by atoms with van der Waals surface area (Å²) >= 11 is 0. The maximum atomic E-state index is 11.2. The van der Waals surface area contributed by atoms with Gasteiger partial charge in [-0.3, -0.25) is 9.59 Å². The minimum absolute atomic E-state index is 0.0611. The lowest BCUT2D eigenvalue weighted by atomic mass is 10.0. The Morgan fingerprint density at radius 2 is 1.46 bits per heavy atom. The zero-order valence-corrected chi connectivity index (χ0v) is 16.5. The van der Waals surface area contributed by atoms with Crippen molar-refractivity contribution in [2.24, 2.45) is 0 Å². The third-order valence-electron chi connectivity index (χ3n) is 4.19. The van der Waals surface area contributed by atoms with Crippen LogP contribution in [0.5, 0.6) is 0 Å². The Balaban J connectivity index is 3.75. The molecule has 0 radical (unpaired) electrons. The molecule has 1 N–H and O–H groups in total. The van der Waals surface area contributed by atoms with Gasteiger partial charge in [0.1, 0.15) is 12.7 Å². The molecule has 0 aliphatic carbocycles. The van der Waals surface area contributed by atoms with Gasteiger partial charge in [0, 0.05) is 26.7 Å². The van der Waals surface area contributed by atoms with Crippen molar-refractivity contribution in [3.05, 3.63) is 0 Å². The van der Waals surface area contributed by atoms with Gasteiger partial charge in [-0.2, -0.15) is 0 Å². The smallest absolute Gasteiger partial charge is 0.302 e. The van der Waals surface area contributed by atoms with Crippen LogP contribution < -0.4 is 0 Å². The van der Waals surface area contributed by atoms with Crippen LogP contribution in [0.4, 0.5) is 0 Å². The van der Waals surface area contributed by atoms with Crippen LogP contribution in [0, 0.1) is 12.3 Å². The fourth-order valence-corrected chi connectivity index (χ4v) is 2.88. The van der Waals surface area contributed by atoms with Crippen molar-refractivity contribution in [2.45, 2.75) is 103 Å². The van der Waals surface area contributed by atoms with Gasteiger partial charge in [0.25, 0.3) is 0 Å². The van der Waals surface area contributed by atoms with Crippen LogP contribution in [0.3, 0.4) is 0 Å². The Labute approximate surface area is 158 Å². The summed E-state index contributed by atoms with van der Waals surface area (Å²) in [6, 6.07) is 0. The van der Waals surface area contributed by atoms with Gasteiger partial charge in [-0.25, -0.2) is 0 Å². The molecule has 0 saturated carbocycles. The monoisotopic (exact) mass is 368 g/mol. The Morgan fingerprint density at radius 3 is 1.96 bits per heavy atom. The lowest BCUT2D eigenvalue weighted by Gasteiger charge is -2.20. The highest BCUT2D eigenvalue weighted by atomic mass is 16.5. The van der Waals surface area contributed by atoms with E-state index in [0.717, 1.165) is 32.1 Å². The highest BCUT2D eigenvalue weighted by Gasteiger charge is 2.18. The molecule has 0 aromatic rings. The molecular weight excluding hydrogens is 332 g/mol. The molecule has 2 atom stereocenters. The topological polar surface area (TPSA) is 72.8 Å². The average molecular weight is 369 g/mol. The molecule has 0 aliphatic rings. The number of carbonyl (C=O) groups excluding carboxylic acids is 2. The number of hydrogen-bond acceptors (Lipinski definition) is 5. The van der Waals surface area contributed by atoms with E-state index in [0.29, 0.717) is 6.42 Å². The Morgan fingerprint density at radius 1 is 0.923 bits per heavy atom. The molecular formula is C21H36O5. The fourth-order valence-electron chi connectivity index (χ4n) is 2.88. The van der Waals surface area contributed by atoms with Crippen molar-refractivity contribution < 1.29 is 24.2 Å². The predicted molar refractivity (Wildman–Crippen MR) is 102 cm³/mol. The second-order valence-corrected chi connectivity index (χ2v) is 6.85. The Hall–Kier alpha value is -1.54. The van der Waals surface area contributed by atoms with Gasteiger partial charge < -0.3 is 14.6 Å². The van der Waals surface area contributed by atoms with Gasteiger partial charge in [0.2, 0.25) is 0 Å². The van der Waals surface area contributed by atoms with Crippen molar-refractivity contribution >= 4 is 11.9 Å². The molecule has 0 fully saturated rings. The van der Waals surface area contributed by atoms with E-state index in [2.05, 4.69) is 5.92 Å². The molecule has 150 valence electrons. The van der Waals surface area contributed by atoms with E-state index in [1.807, 2.05) is 0 Å². The Kier molecular flexibility index (Phi) is 15.9. The quantitative estimate of drug-likeness (QED) is 0.252. The first-order chi connectivity index (χ1) is 12.5. The van der Waals surface area contributed by atoms with Gasteiger partial charge in [-0.15, -0.1) is 12.3 Å². The van der Waals surface area contributed by atoms with E-state index in [1.54, 1.807) is 0 Å². The van der Waals surface area contributed by atoms with Crippen LogP contribution in [0.2, 0.25) is 0 Å². The summed E-state index contributed by atoms with van der Waals surface area (Å²) in [4.78, 5) is 22.0. The van der Waals surface area contributed by atoms with Gasteiger partial charge in [-0.05, 0) is 19.3 Å². The van der Waals surface area contributed by atoms with Crippen LogP contribution in [-0.4, -0.2) is 35.9 Å². The van der Waals surface area contributed by atoms with Crippen molar-refractivity contribution in [1.29, 1.82) is 0 Å². The summed E-state index contributed by atoms with van der Waals surface area (Å²) in [6.07, 6.45) is 16.6. The average Bonchev–Trinajstić information content (AvgIpc) is 2.57. The van der Waals surface area contributed by atoms with Crippen LogP contribution in [0.1, 0.15) is 90.9 Å². The largest absolute Gasteiger partial charge is 0.463 e. The number of esters is 2. The highest BCUT2D eigenvalue weighted by Crippen LogP contribution is 2.16. The van der Waals surface area contributed by atoms with Gasteiger partial charge in [-0.1, -0.05) is 44.9 Å². The third-order valence-corrected chi connectivity index (χ3v) is 4.19. The molecule has 0 heterocycles. The van der Waals surface area contributed by atoms with E-state index in [4.69, 9.17) is 15.9 Å². The molecule has 0 unspecified atom stereocenters. The zero-order chi connectivity index (χ0) is 19.6. The molecule has 0 bridgehead atoms. The van der Waals surface area contributed by atoms with Gasteiger partial charge >= 0.3 is 11.9 Å². The summed E-state index contributed by atoms with van der Waals surface area (Å²) in [5.41, 5.74) is 0. The van der Waals surface area contributed by atoms with E-state index in [-0.39, 0.29) is 18.7 Å². The highest BCUT2D eigenvalue weighted by molar-refractivity contribution is 5.66. The molecule has 0 rings (SSSR count). The summed E-state index contributed by atoms with van der Waals surface area (Å²) in [6.45, 7) is 2.61. The zero-order valence-electron chi connectivity index (χ0n) is 16.5. The summed E-state index contributed by atoms with van der Waals surface area (Å²) in [5.74, 6) is 1.89. The van der Waals surface area contributed by atoms with Gasteiger partial charge in [0.05, 0.1) is 6.10 Å². The predicted octanol–water partition coefficient (Wildman–Crippen LogP) is 4.16. The minimum Gasteiger partial charge on any atom is -0.463 e. The van der Waals surface area contributed by atoms with Crippen molar-refractivity contribution in [2.75, 3.05) is 6.61 Å². The SMILES string of the molecule is C#CCCCCCCCCCCC[C@H](C[C@@H](O)COC(C)=O)OC(C)=O. The number of ether oxygens (including phenoxy) is 2. The van der Waals surface area contributed by atoms with Crippen molar-refractivity contribution in [3.63, 3.8) is 0 Å². The number of aliphatic hydroxyl groups is 1. The summed E-state index contributed by atoms with van der Waals surface area (Å²) < 4.78 is 10.0. The number of carbonyl (C=O) groups is 2. The number of hydrogen-bond donors (Lipinski definition) is 1. The molecule has 0 saturated heterocycles. The molecule has 0 aliphatic heterocycles. The van der Waals surface area contributed by atoms with E-state index < -0.39 is 12.1 Å². The van der Waals surface area contributed by atoms with Crippen molar-refractivity contribution in [1.82, 2.24) is 0 Å². The Bertz CT molecular complexity index is 413. The first kappa shape index (κ1) is 24.5. The molecule has 26 heavy (non-hydrogen) atoms. The van der Waals surface area contributed by atoms with Crippen LogP contribution in [0.15, 0.2) is 0 Å². The van der Waals surface area contributed by atoms with E-state index >= 15 is 0 Å². The molecule has 5 heteroatoms. The number of rotatable bonds is 16. The first-order valence-corrected chi connectivity index (χ1v) is 9.87. The second kappa shape index (κ2) is 16.9. The number of aliphatic hydroxyl groups excluding tert-OH is 1. The second-order valence-electron chi connectivity index (χ2n) is 6.85. The van der Waals surface area contributed by atoms with E-state index in [9.17, 15) is 14.7 Å². The summed E-state index contributed by atoms with van der Waals surface area (Å²) in [7, 11) is 0. The molecule has 5 nitrogen and oxygen atoms in total. The standard InChI is InChI=1S/C21H36O5/c1-4-5-6-7-8-9-10-11-12-13-14-15-21(26-19(3)23)16-20(24)17-25-18(2)22/h1,20-21,24H,5-17H2,2-3H3/t20-,21-/m1/s1. The molecule has 0 aromatic carbocycles. The first-order valence-electron chi connectivity index (χ1n) is 9.87. The molecule has 0 aromatic heterocycles. The maximum Gasteiger partial charge on any atom is 0.302 e. The third kappa shape index (κ3) is 17.3. The number of terminal acetylenes is 1. The maximum absolute atomic E-state index is 11.2. The van der Waals surface area contributed by atoms with Crippen LogP contribution in [0.25, 0.3) is 0 Å². The number of unbranched alkanes of at least 4 members (excludes halogenated alkanes) is 9. The van der Waals surface area contributed by atoms with E-state index in [1.165, 1.54) is 52.4 Å². The normalized spacial score (nSPS) is 12.8. The van der Waals surface area contributed by atoms with Crippen molar-refractivity contribution in [3.8, 4) is 12.3 Å². The van der Waals surface area contributed by atoms with Crippen LogP contribution in [-0.2, 0) is 19.1 Å². The minimum atomic E-state index is -0.808. The fraction of sp³-hybridized carbons (Fsp3) is 0.810. The molecule has 0 spiro atoms.